The zero-order chi connectivity index (χ0) is 14.7. The summed E-state index contributed by atoms with van der Waals surface area (Å²) in [5.74, 6) is -2.20. The lowest BCUT2D eigenvalue weighted by Gasteiger charge is -2.36. The fourth-order valence-electron chi connectivity index (χ4n) is 2.54. The molecule has 6 heteroatoms. The van der Waals surface area contributed by atoms with E-state index in [4.69, 9.17) is 10.5 Å². The van der Waals surface area contributed by atoms with Crippen LogP contribution in [-0.2, 0) is 9.53 Å². The zero-order valence-electron chi connectivity index (χ0n) is 11.3. The molecule has 1 aromatic rings. The molecular weight excluding hydrogens is 266 g/mol. The van der Waals surface area contributed by atoms with Gasteiger partial charge in [0.15, 0.2) is 11.6 Å². The van der Waals surface area contributed by atoms with Crippen molar-refractivity contribution in [2.24, 2.45) is 5.73 Å². The molecule has 20 heavy (non-hydrogen) atoms. The van der Waals surface area contributed by atoms with Crippen LogP contribution in [0.15, 0.2) is 18.2 Å². The molecule has 1 heterocycles. The van der Waals surface area contributed by atoms with Crippen molar-refractivity contribution in [3.8, 4) is 0 Å². The van der Waals surface area contributed by atoms with Gasteiger partial charge in [0.2, 0.25) is 5.91 Å². The average Bonchev–Trinajstić information content (AvgIpc) is 2.43. The smallest absolute Gasteiger partial charge is 0.239 e. The van der Waals surface area contributed by atoms with E-state index in [1.165, 1.54) is 13.2 Å². The summed E-state index contributed by atoms with van der Waals surface area (Å²) in [5, 5.41) is 0. The summed E-state index contributed by atoms with van der Waals surface area (Å²) in [6.07, 6.45) is 0.322. The first-order valence-corrected chi connectivity index (χ1v) is 6.51. The third kappa shape index (κ3) is 2.96. The molecule has 1 fully saturated rings. The molecule has 2 N–H and O–H groups in total. The van der Waals surface area contributed by atoms with Crippen molar-refractivity contribution in [1.29, 1.82) is 0 Å². The van der Waals surface area contributed by atoms with E-state index in [1.807, 2.05) is 0 Å². The molecule has 2 rings (SSSR count). The van der Waals surface area contributed by atoms with E-state index >= 15 is 0 Å². The number of nitrogens with two attached hydrogens (primary N) is 1. The van der Waals surface area contributed by atoms with Crippen LogP contribution in [0.2, 0.25) is 0 Å². The van der Waals surface area contributed by atoms with Crippen LogP contribution in [0.3, 0.4) is 0 Å². The molecule has 0 spiro atoms. The molecule has 110 valence electrons. The number of hydrogen-bond acceptors (Lipinski definition) is 3. The number of hydrogen-bond donors (Lipinski definition) is 1. The quantitative estimate of drug-likeness (QED) is 0.905. The van der Waals surface area contributed by atoms with Gasteiger partial charge in [-0.25, -0.2) is 8.78 Å². The van der Waals surface area contributed by atoms with Crippen molar-refractivity contribution in [2.75, 3.05) is 26.8 Å². The number of carbonyl (C=O) groups is 1. The summed E-state index contributed by atoms with van der Waals surface area (Å²) in [6, 6.07) is 3.40. The van der Waals surface area contributed by atoms with Gasteiger partial charge in [0.25, 0.3) is 0 Å². The van der Waals surface area contributed by atoms with Crippen LogP contribution in [0.5, 0.6) is 0 Å². The molecule has 2 atom stereocenters. The van der Waals surface area contributed by atoms with Crippen molar-refractivity contribution < 1.29 is 18.3 Å². The van der Waals surface area contributed by atoms with Gasteiger partial charge >= 0.3 is 0 Å². The van der Waals surface area contributed by atoms with Crippen LogP contribution in [0.1, 0.15) is 17.9 Å². The Morgan fingerprint density at radius 1 is 1.45 bits per heavy atom. The SMILES string of the molecule is COCCN1CC(c2cccc(F)c2F)CC(N)C1=O. The molecule has 2 unspecified atom stereocenters. The molecule has 0 bridgehead atoms. The highest BCUT2D eigenvalue weighted by Crippen LogP contribution is 2.29. The topological polar surface area (TPSA) is 55.6 Å². The number of methoxy groups -OCH3 is 1. The molecule has 0 saturated carbocycles. The molecule has 0 aliphatic carbocycles. The molecule has 1 aliphatic heterocycles. The number of rotatable bonds is 4. The summed E-state index contributed by atoms with van der Waals surface area (Å²) >= 11 is 0. The second-order valence-electron chi connectivity index (χ2n) is 4.96. The Morgan fingerprint density at radius 3 is 2.90 bits per heavy atom. The first-order chi connectivity index (χ1) is 9.54. The minimum absolute atomic E-state index is 0.171. The predicted octanol–water partition coefficient (Wildman–Crippen LogP) is 1.25. The Labute approximate surface area is 116 Å². The van der Waals surface area contributed by atoms with Gasteiger partial charge in [0, 0.05) is 26.1 Å². The maximum absolute atomic E-state index is 13.8. The van der Waals surface area contributed by atoms with Crippen LogP contribution in [0, 0.1) is 11.6 Å². The van der Waals surface area contributed by atoms with Crippen LogP contribution in [0.4, 0.5) is 8.78 Å². The van der Waals surface area contributed by atoms with Crippen molar-refractivity contribution in [3.63, 3.8) is 0 Å². The number of carbonyl (C=O) groups excluding carboxylic acids is 1. The van der Waals surface area contributed by atoms with Crippen molar-refractivity contribution >= 4 is 5.91 Å². The summed E-state index contributed by atoms with van der Waals surface area (Å²) in [6.45, 7) is 1.11. The van der Waals surface area contributed by atoms with Gasteiger partial charge in [-0.1, -0.05) is 12.1 Å². The van der Waals surface area contributed by atoms with Gasteiger partial charge in [0.1, 0.15) is 0 Å². The standard InChI is InChI=1S/C14H18F2N2O2/c1-20-6-5-18-8-9(7-12(17)14(18)19)10-3-2-4-11(15)13(10)16/h2-4,9,12H,5-8,17H2,1H3. The maximum atomic E-state index is 13.8. The van der Waals surface area contributed by atoms with Crippen LogP contribution in [0.25, 0.3) is 0 Å². The molecule has 0 aromatic heterocycles. The number of amides is 1. The summed E-state index contributed by atoms with van der Waals surface area (Å²) in [4.78, 5) is 13.5. The highest BCUT2D eigenvalue weighted by molar-refractivity contribution is 5.82. The normalized spacial score (nSPS) is 23.2. The fourth-order valence-corrected chi connectivity index (χ4v) is 2.54. The van der Waals surface area contributed by atoms with E-state index in [0.29, 0.717) is 26.1 Å². The van der Waals surface area contributed by atoms with Crippen LogP contribution < -0.4 is 5.73 Å². The Bertz CT molecular complexity index is 496. The third-order valence-electron chi connectivity index (χ3n) is 3.59. The average molecular weight is 284 g/mol. The lowest BCUT2D eigenvalue weighted by Crippen LogP contribution is -2.52. The largest absolute Gasteiger partial charge is 0.383 e. The van der Waals surface area contributed by atoms with Gasteiger partial charge in [-0.2, -0.15) is 0 Å². The number of ether oxygens (including phenoxy) is 1. The van der Waals surface area contributed by atoms with Crippen molar-refractivity contribution in [2.45, 2.75) is 18.4 Å². The fraction of sp³-hybridized carbons (Fsp3) is 0.500. The number of likely N-dealkylation sites (tertiary alicyclic amines) is 1. The van der Waals surface area contributed by atoms with Crippen molar-refractivity contribution in [3.05, 3.63) is 35.4 Å². The summed E-state index contributed by atoms with van der Waals surface area (Å²) in [7, 11) is 1.54. The number of halogens is 2. The van der Waals surface area contributed by atoms with Crippen LogP contribution in [-0.4, -0.2) is 43.7 Å². The Kier molecular flexibility index (Phi) is 4.67. The van der Waals surface area contributed by atoms with Gasteiger partial charge in [-0.05, 0) is 18.1 Å². The Balaban J connectivity index is 2.20. The molecular formula is C14H18F2N2O2. The minimum Gasteiger partial charge on any atom is -0.383 e. The summed E-state index contributed by atoms with van der Waals surface area (Å²) < 4.78 is 32.1. The summed E-state index contributed by atoms with van der Waals surface area (Å²) in [5.41, 5.74) is 6.08. The van der Waals surface area contributed by atoms with Crippen molar-refractivity contribution in [1.82, 2.24) is 4.90 Å². The van der Waals surface area contributed by atoms with Gasteiger partial charge in [-0.15, -0.1) is 0 Å². The van der Waals surface area contributed by atoms with E-state index < -0.39 is 17.7 Å². The highest BCUT2D eigenvalue weighted by atomic mass is 19.2. The first kappa shape index (κ1) is 14.9. The highest BCUT2D eigenvalue weighted by Gasteiger charge is 2.34. The number of piperidine rings is 1. The van der Waals surface area contributed by atoms with E-state index in [-0.39, 0.29) is 17.4 Å². The van der Waals surface area contributed by atoms with Gasteiger partial charge < -0.3 is 15.4 Å². The Morgan fingerprint density at radius 2 is 2.20 bits per heavy atom. The predicted molar refractivity (Wildman–Crippen MR) is 70.1 cm³/mol. The van der Waals surface area contributed by atoms with Gasteiger partial charge in [0.05, 0.1) is 12.6 Å². The second-order valence-corrected chi connectivity index (χ2v) is 4.96. The second kappa shape index (κ2) is 6.28. The number of nitrogens with zero attached hydrogens (tertiary/aromatic N) is 1. The monoisotopic (exact) mass is 284 g/mol. The number of benzene rings is 1. The molecule has 1 aliphatic rings. The minimum atomic E-state index is -0.878. The lowest BCUT2D eigenvalue weighted by atomic mass is 9.87. The van der Waals surface area contributed by atoms with Crippen LogP contribution >= 0.6 is 0 Å². The van der Waals surface area contributed by atoms with E-state index in [9.17, 15) is 13.6 Å². The molecule has 1 aromatic carbocycles. The first-order valence-electron chi connectivity index (χ1n) is 6.51. The zero-order valence-corrected chi connectivity index (χ0v) is 11.3. The maximum Gasteiger partial charge on any atom is 0.239 e. The molecule has 1 amide bonds. The van der Waals surface area contributed by atoms with Gasteiger partial charge in [-0.3, -0.25) is 4.79 Å². The molecule has 1 saturated heterocycles. The van der Waals surface area contributed by atoms with E-state index in [2.05, 4.69) is 0 Å². The van der Waals surface area contributed by atoms with E-state index in [0.717, 1.165) is 6.07 Å². The van der Waals surface area contributed by atoms with E-state index in [1.54, 1.807) is 11.0 Å². The Hall–Kier alpha value is -1.53. The lowest BCUT2D eigenvalue weighted by molar-refractivity contribution is -0.136. The molecule has 4 nitrogen and oxygen atoms in total. The third-order valence-corrected chi connectivity index (χ3v) is 3.59. The molecule has 0 radical (unpaired) electrons.